The molecule has 0 spiro atoms. The van der Waals surface area contributed by atoms with E-state index in [0.29, 0.717) is 19.8 Å². The largest absolute Gasteiger partial charge is 0.492 e. The fourth-order valence-corrected chi connectivity index (χ4v) is 3.99. The molecule has 5 heteroatoms. The number of benzene rings is 3. The van der Waals surface area contributed by atoms with Gasteiger partial charge in [0.2, 0.25) is 0 Å². The Kier molecular flexibility index (Phi) is 8.15. The Morgan fingerprint density at radius 2 is 1.66 bits per heavy atom. The third-order valence-electron chi connectivity index (χ3n) is 5.64. The Labute approximate surface area is 190 Å². The van der Waals surface area contributed by atoms with Crippen LogP contribution < -0.4 is 14.8 Å². The molecule has 2 N–H and O–H groups in total. The highest BCUT2D eigenvalue weighted by molar-refractivity contribution is 5.29. The summed E-state index contributed by atoms with van der Waals surface area (Å²) in [6, 6.07) is 26.4. The van der Waals surface area contributed by atoms with Crippen LogP contribution in [0.2, 0.25) is 0 Å². The van der Waals surface area contributed by atoms with E-state index in [-0.39, 0.29) is 0 Å². The van der Waals surface area contributed by atoms with Gasteiger partial charge >= 0.3 is 0 Å². The van der Waals surface area contributed by atoms with Gasteiger partial charge in [-0.1, -0.05) is 54.6 Å². The highest BCUT2D eigenvalue weighted by Gasteiger charge is 2.18. The molecule has 1 atom stereocenters. The normalized spacial score (nSPS) is 14.5. The second-order valence-corrected chi connectivity index (χ2v) is 8.20. The van der Waals surface area contributed by atoms with Crippen LogP contribution in [0.15, 0.2) is 78.9 Å². The zero-order valence-corrected chi connectivity index (χ0v) is 18.5. The predicted molar refractivity (Wildman–Crippen MR) is 127 cm³/mol. The van der Waals surface area contributed by atoms with Crippen molar-refractivity contribution in [3.63, 3.8) is 0 Å². The van der Waals surface area contributed by atoms with E-state index in [9.17, 15) is 5.11 Å². The predicted octanol–water partition coefficient (Wildman–Crippen LogP) is 3.65. The fraction of sp³-hybridized carbons (Fsp3) is 0.333. The number of fused-ring (bicyclic) bond motifs is 1. The summed E-state index contributed by atoms with van der Waals surface area (Å²) in [5.41, 5.74) is 3.93. The molecule has 1 aliphatic rings. The second-order valence-electron chi connectivity index (χ2n) is 8.20. The third-order valence-corrected chi connectivity index (χ3v) is 5.64. The first-order chi connectivity index (χ1) is 15.8. The number of hydrogen-bond acceptors (Lipinski definition) is 5. The average molecular weight is 433 g/mol. The van der Waals surface area contributed by atoms with Gasteiger partial charge in [0.05, 0.1) is 0 Å². The molecule has 3 aromatic carbocycles. The lowest BCUT2D eigenvalue weighted by molar-refractivity contribution is 0.0637. The summed E-state index contributed by atoms with van der Waals surface area (Å²) in [6.45, 7) is 4.90. The lowest BCUT2D eigenvalue weighted by Crippen LogP contribution is -2.38. The maximum atomic E-state index is 10.5. The van der Waals surface area contributed by atoms with Crippen molar-refractivity contribution in [1.82, 2.24) is 10.2 Å². The molecule has 1 aliphatic heterocycles. The first kappa shape index (κ1) is 22.3. The number of aliphatic hydroxyl groups is 1. The Balaban J connectivity index is 1.15. The van der Waals surface area contributed by atoms with Gasteiger partial charge in [-0.2, -0.15) is 0 Å². The zero-order chi connectivity index (χ0) is 22.0. The molecule has 0 bridgehead atoms. The summed E-state index contributed by atoms with van der Waals surface area (Å²) < 4.78 is 11.6. The first-order valence-corrected chi connectivity index (χ1v) is 11.3. The van der Waals surface area contributed by atoms with Gasteiger partial charge in [0.1, 0.15) is 30.8 Å². The van der Waals surface area contributed by atoms with E-state index < -0.39 is 6.10 Å². The third kappa shape index (κ3) is 6.82. The van der Waals surface area contributed by atoms with Crippen molar-refractivity contribution in [2.75, 3.05) is 32.8 Å². The molecule has 0 unspecified atom stereocenters. The summed E-state index contributed by atoms with van der Waals surface area (Å²) in [6.07, 6.45) is 0.520. The van der Waals surface area contributed by atoms with Crippen LogP contribution in [-0.2, 0) is 19.5 Å². The van der Waals surface area contributed by atoms with Crippen LogP contribution in [0.4, 0.5) is 0 Å². The first-order valence-electron chi connectivity index (χ1n) is 11.3. The Morgan fingerprint density at radius 1 is 0.875 bits per heavy atom. The number of nitrogens with one attached hydrogen (secondary N) is 1. The maximum Gasteiger partial charge on any atom is 0.119 e. The molecule has 0 saturated carbocycles. The molecule has 168 valence electrons. The minimum atomic E-state index is -0.517. The van der Waals surface area contributed by atoms with E-state index in [0.717, 1.165) is 49.7 Å². The topological polar surface area (TPSA) is 54.0 Å². The average Bonchev–Trinajstić information content (AvgIpc) is 2.83. The van der Waals surface area contributed by atoms with Crippen LogP contribution in [-0.4, -0.2) is 49.0 Å². The molecule has 1 heterocycles. The van der Waals surface area contributed by atoms with Gasteiger partial charge in [-0.3, -0.25) is 4.90 Å². The maximum absolute atomic E-state index is 10.5. The van der Waals surface area contributed by atoms with E-state index in [1.807, 2.05) is 48.5 Å². The lowest BCUT2D eigenvalue weighted by Gasteiger charge is -2.30. The van der Waals surface area contributed by atoms with Crippen molar-refractivity contribution < 1.29 is 14.6 Å². The quantitative estimate of drug-likeness (QED) is 0.453. The highest BCUT2D eigenvalue weighted by atomic mass is 16.5. The van der Waals surface area contributed by atoms with Crippen LogP contribution in [0.1, 0.15) is 16.7 Å². The van der Waals surface area contributed by atoms with E-state index >= 15 is 0 Å². The molecule has 0 aromatic heterocycles. The SMILES string of the molecule is O[C@@H](COc1cccc(CNCCOc2ccccc2)c1)CN1CCc2ccccc2C1. The zero-order valence-electron chi connectivity index (χ0n) is 18.5. The number of nitrogens with zero attached hydrogens (tertiary/aromatic N) is 1. The van der Waals surface area contributed by atoms with Crippen LogP contribution in [0.3, 0.4) is 0 Å². The number of para-hydroxylation sites is 1. The molecule has 32 heavy (non-hydrogen) atoms. The molecular weight excluding hydrogens is 400 g/mol. The minimum absolute atomic E-state index is 0.292. The molecule has 3 aromatic rings. The van der Waals surface area contributed by atoms with Crippen LogP contribution >= 0.6 is 0 Å². The fourth-order valence-electron chi connectivity index (χ4n) is 3.99. The van der Waals surface area contributed by atoms with E-state index in [1.165, 1.54) is 11.1 Å². The van der Waals surface area contributed by atoms with Crippen LogP contribution in [0.5, 0.6) is 11.5 Å². The second kappa shape index (κ2) is 11.7. The van der Waals surface area contributed by atoms with Gasteiger partial charge in [0.15, 0.2) is 0 Å². The van der Waals surface area contributed by atoms with Crippen molar-refractivity contribution in [1.29, 1.82) is 0 Å². The van der Waals surface area contributed by atoms with Gasteiger partial charge in [-0.05, 0) is 47.4 Å². The number of aliphatic hydroxyl groups excluding tert-OH is 1. The van der Waals surface area contributed by atoms with Gasteiger partial charge in [0, 0.05) is 32.7 Å². The Morgan fingerprint density at radius 3 is 2.53 bits per heavy atom. The van der Waals surface area contributed by atoms with Gasteiger partial charge in [-0.15, -0.1) is 0 Å². The van der Waals surface area contributed by atoms with Crippen LogP contribution in [0.25, 0.3) is 0 Å². The summed E-state index contributed by atoms with van der Waals surface area (Å²) >= 11 is 0. The molecule has 0 aliphatic carbocycles. The van der Waals surface area contributed by atoms with Crippen molar-refractivity contribution in [3.8, 4) is 11.5 Å². The van der Waals surface area contributed by atoms with Gasteiger partial charge < -0.3 is 19.9 Å². The van der Waals surface area contributed by atoms with Crippen molar-refractivity contribution in [2.45, 2.75) is 25.6 Å². The smallest absolute Gasteiger partial charge is 0.119 e. The van der Waals surface area contributed by atoms with Crippen molar-refractivity contribution in [3.05, 3.63) is 95.6 Å². The van der Waals surface area contributed by atoms with Crippen molar-refractivity contribution >= 4 is 0 Å². The Bertz CT molecular complexity index is 964. The number of ether oxygens (including phenoxy) is 2. The van der Waals surface area contributed by atoms with E-state index in [1.54, 1.807) is 0 Å². The van der Waals surface area contributed by atoms with E-state index in [2.05, 4.69) is 40.5 Å². The van der Waals surface area contributed by atoms with Crippen LogP contribution in [0, 0.1) is 0 Å². The number of hydrogen-bond donors (Lipinski definition) is 2. The molecule has 5 nitrogen and oxygen atoms in total. The van der Waals surface area contributed by atoms with Gasteiger partial charge in [-0.25, -0.2) is 0 Å². The standard InChI is InChI=1S/C27H32N2O3/c30-25(20-29-15-13-23-8-4-5-9-24(23)19-29)21-32-27-12-6-7-22(17-27)18-28-14-16-31-26-10-2-1-3-11-26/h1-12,17,25,28,30H,13-16,18-21H2/t25-/m1/s1. The monoisotopic (exact) mass is 432 g/mol. The number of rotatable bonds is 11. The summed E-state index contributed by atoms with van der Waals surface area (Å²) in [5, 5.41) is 13.9. The molecule has 4 rings (SSSR count). The van der Waals surface area contributed by atoms with E-state index in [4.69, 9.17) is 9.47 Å². The number of β-amino-alcohol motifs (C(OH)–C–C–N with tert-alkyl or cyclic N) is 1. The van der Waals surface area contributed by atoms with Crippen molar-refractivity contribution in [2.24, 2.45) is 0 Å². The summed E-state index contributed by atoms with van der Waals surface area (Å²) in [5.74, 6) is 1.67. The molecular formula is C27H32N2O3. The highest BCUT2D eigenvalue weighted by Crippen LogP contribution is 2.19. The molecule has 0 amide bonds. The lowest BCUT2D eigenvalue weighted by atomic mass is 10.00. The summed E-state index contributed by atoms with van der Waals surface area (Å²) in [4.78, 5) is 2.30. The van der Waals surface area contributed by atoms with Gasteiger partial charge in [0.25, 0.3) is 0 Å². The summed E-state index contributed by atoms with van der Waals surface area (Å²) in [7, 11) is 0. The molecule has 0 radical (unpaired) electrons. The molecule has 0 saturated heterocycles. The Hall–Kier alpha value is -2.86. The minimum Gasteiger partial charge on any atom is -0.492 e. The molecule has 0 fully saturated rings.